The molecule has 3 aromatic rings. The number of carboxylic acids is 1. The molecule has 4 unspecified atom stereocenters. The summed E-state index contributed by atoms with van der Waals surface area (Å²) in [5, 5.41) is 42.5. The van der Waals surface area contributed by atoms with E-state index in [0.29, 0.717) is 34.0 Å². The molecule has 0 spiro atoms. The Morgan fingerprint density at radius 2 is 0.967 bits per heavy atom. The van der Waals surface area contributed by atoms with Crippen molar-refractivity contribution in [3.8, 4) is 0 Å². The fourth-order valence-electron chi connectivity index (χ4n) is 6.25. The average Bonchev–Trinajstić information content (AvgIpc) is 3.22. The van der Waals surface area contributed by atoms with Gasteiger partial charge in [0.1, 0.15) is 6.04 Å². The van der Waals surface area contributed by atoms with Gasteiger partial charge in [0, 0.05) is 41.9 Å². The van der Waals surface area contributed by atoms with Crippen LogP contribution in [0.25, 0.3) is 0 Å². The SMILES string of the molecule is CCC(C)CN(C(=O)O)C(=O)c1cc(Cc2cc(C(=O)N(CCc3ccccc3)C(=O)O)cc(C(=O)N(CC(C)CC)C(=O)O)c2)cc(C(=O)NC(C(=O)O)C(C)CC)c1. The number of nitrogens with zero attached hydrogens (tertiary/aromatic N) is 3. The molecule has 0 fully saturated rings. The van der Waals surface area contributed by atoms with E-state index in [1.54, 1.807) is 58.0 Å². The van der Waals surface area contributed by atoms with Crippen LogP contribution in [0.5, 0.6) is 0 Å². The maximum absolute atomic E-state index is 14.0. The normalized spacial score (nSPS) is 12.9. The molecule has 4 atom stereocenters. The Kier molecular flexibility index (Phi) is 17.5. The van der Waals surface area contributed by atoms with Crippen molar-refractivity contribution in [2.75, 3.05) is 19.6 Å². The van der Waals surface area contributed by atoms with Gasteiger partial charge in [-0.1, -0.05) is 91.1 Å². The van der Waals surface area contributed by atoms with E-state index in [1.807, 2.05) is 13.8 Å². The van der Waals surface area contributed by atoms with Crippen LogP contribution in [0, 0.1) is 17.8 Å². The number of amides is 7. The van der Waals surface area contributed by atoms with Crippen molar-refractivity contribution in [2.45, 2.75) is 79.7 Å². The van der Waals surface area contributed by atoms with Gasteiger partial charge in [-0.3, -0.25) is 19.2 Å². The van der Waals surface area contributed by atoms with Gasteiger partial charge in [-0.25, -0.2) is 33.9 Å². The monoisotopic (exact) mass is 830 g/mol. The third kappa shape index (κ3) is 13.0. The lowest BCUT2D eigenvalue weighted by molar-refractivity contribution is -0.140. The van der Waals surface area contributed by atoms with Crippen molar-refractivity contribution in [1.82, 2.24) is 20.0 Å². The number of rotatable bonds is 19. The highest BCUT2D eigenvalue weighted by molar-refractivity contribution is 6.07. The van der Waals surface area contributed by atoms with Crippen LogP contribution in [0.4, 0.5) is 14.4 Å². The molecule has 0 aliphatic rings. The van der Waals surface area contributed by atoms with Gasteiger partial charge < -0.3 is 25.7 Å². The quantitative estimate of drug-likeness (QED) is 0.0806. The lowest BCUT2D eigenvalue weighted by Gasteiger charge is -2.23. The van der Waals surface area contributed by atoms with Crippen molar-refractivity contribution >= 4 is 47.9 Å². The molecular weight excluding hydrogens is 776 g/mol. The Labute approximate surface area is 348 Å². The zero-order valence-corrected chi connectivity index (χ0v) is 34.7. The molecule has 16 heteroatoms. The average molecular weight is 831 g/mol. The molecule has 0 aromatic heterocycles. The van der Waals surface area contributed by atoms with Gasteiger partial charge in [0.2, 0.25) is 0 Å². The molecular formula is C44H54N4O12. The van der Waals surface area contributed by atoms with Gasteiger partial charge in [0.15, 0.2) is 0 Å². The standard InChI is InChI=1S/C44H54N4O12/c1-7-26(4)24-47(43(57)58)39(51)33-19-30(18-32(22-33)37(49)45-36(41(53)54)28(6)9-3)17-31-20-34(23-35(21-31)40(52)48(44(59)60)25-27(5)8-2)38(50)46(42(55)56)16-15-29-13-11-10-12-14-29/h10-14,18-23,26-28,36H,7-9,15-17,24-25H2,1-6H3,(H,45,49)(H,53,54)(H,55,56)(H,57,58)(H,59,60). The summed E-state index contributed by atoms with van der Waals surface area (Å²) in [4.78, 5) is 106. The minimum absolute atomic E-state index is 0.164. The van der Waals surface area contributed by atoms with Crippen molar-refractivity contribution in [3.05, 3.63) is 106 Å². The van der Waals surface area contributed by atoms with Crippen LogP contribution in [0.15, 0.2) is 66.7 Å². The van der Waals surface area contributed by atoms with E-state index in [1.165, 1.54) is 24.3 Å². The van der Waals surface area contributed by atoms with Gasteiger partial charge in [0.05, 0.1) is 0 Å². The molecule has 322 valence electrons. The molecule has 0 aliphatic carbocycles. The molecule has 0 saturated heterocycles. The summed E-state index contributed by atoms with van der Waals surface area (Å²) in [6.45, 7) is 9.95. The highest BCUT2D eigenvalue weighted by Crippen LogP contribution is 2.23. The fraction of sp³-hybridized carbons (Fsp3) is 0.409. The zero-order chi connectivity index (χ0) is 44.8. The Bertz CT molecular complexity index is 2070. The third-order valence-electron chi connectivity index (χ3n) is 10.4. The molecule has 7 amide bonds. The van der Waals surface area contributed by atoms with E-state index >= 15 is 0 Å². The first-order valence-corrected chi connectivity index (χ1v) is 19.8. The molecule has 0 bridgehead atoms. The van der Waals surface area contributed by atoms with Crippen molar-refractivity contribution in [3.63, 3.8) is 0 Å². The van der Waals surface area contributed by atoms with Crippen LogP contribution >= 0.6 is 0 Å². The molecule has 0 heterocycles. The van der Waals surface area contributed by atoms with E-state index in [9.17, 15) is 58.8 Å². The first kappa shape index (κ1) is 47.8. The van der Waals surface area contributed by atoms with E-state index in [2.05, 4.69) is 5.32 Å². The second-order valence-corrected chi connectivity index (χ2v) is 15.1. The molecule has 3 rings (SSSR count). The van der Waals surface area contributed by atoms with Crippen LogP contribution in [0.3, 0.4) is 0 Å². The molecule has 0 radical (unpaired) electrons. The number of hydrogen-bond donors (Lipinski definition) is 5. The number of aliphatic carboxylic acids is 1. The summed E-state index contributed by atoms with van der Waals surface area (Å²) in [7, 11) is 0. The van der Waals surface area contributed by atoms with E-state index in [0.717, 1.165) is 17.7 Å². The third-order valence-corrected chi connectivity index (χ3v) is 10.4. The first-order valence-electron chi connectivity index (χ1n) is 19.8. The summed E-state index contributed by atoms with van der Waals surface area (Å²) in [6, 6.07) is 15.1. The number of benzene rings is 3. The maximum atomic E-state index is 14.0. The maximum Gasteiger partial charge on any atom is 0.414 e. The molecule has 0 saturated carbocycles. The second kappa shape index (κ2) is 22.0. The number of hydrogen-bond acceptors (Lipinski definition) is 8. The minimum atomic E-state index is -1.57. The first-order chi connectivity index (χ1) is 28.3. The smallest absolute Gasteiger partial charge is 0.414 e. The van der Waals surface area contributed by atoms with Crippen LogP contribution in [-0.4, -0.2) is 109 Å². The second-order valence-electron chi connectivity index (χ2n) is 15.1. The van der Waals surface area contributed by atoms with E-state index in [4.69, 9.17) is 0 Å². The number of carbonyl (C=O) groups is 8. The van der Waals surface area contributed by atoms with Crippen molar-refractivity contribution in [1.29, 1.82) is 0 Å². The Balaban J connectivity index is 2.25. The Morgan fingerprint density at radius 3 is 1.37 bits per heavy atom. The van der Waals surface area contributed by atoms with Gasteiger partial charge in [-0.2, -0.15) is 0 Å². The lowest BCUT2D eigenvalue weighted by Crippen LogP contribution is -2.45. The van der Waals surface area contributed by atoms with E-state index < -0.39 is 59.8 Å². The van der Waals surface area contributed by atoms with Crippen molar-refractivity contribution < 1.29 is 58.8 Å². The van der Waals surface area contributed by atoms with Gasteiger partial charge in [-0.05, 0) is 83.7 Å². The highest BCUT2D eigenvalue weighted by atomic mass is 16.4. The predicted octanol–water partition coefficient (Wildman–Crippen LogP) is 7.20. The molecule has 0 aliphatic heterocycles. The molecule has 3 aromatic carbocycles. The largest absolute Gasteiger partial charge is 0.480 e. The fourth-order valence-corrected chi connectivity index (χ4v) is 6.25. The van der Waals surface area contributed by atoms with Gasteiger partial charge in [0.25, 0.3) is 23.6 Å². The van der Waals surface area contributed by atoms with E-state index in [-0.39, 0.29) is 77.7 Å². The predicted molar refractivity (Wildman–Crippen MR) is 220 cm³/mol. The Hall–Kier alpha value is -6.58. The minimum Gasteiger partial charge on any atom is -0.480 e. The summed E-state index contributed by atoms with van der Waals surface area (Å²) in [5.41, 5.74) is 0.157. The van der Waals surface area contributed by atoms with Gasteiger partial charge >= 0.3 is 24.2 Å². The highest BCUT2D eigenvalue weighted by Gasteiger charge is 2.30. The lowest BCUT2D eigenvalue weighted by atomic mass is 9.95. The van der Waals surface area contributed by atoms with Crippen LogP contribution in [0.1, 0.15) is 119 Å². The number of carbonyl (C=O) groups excluding carboxylic acids is 4. The molecule has 60 heavy (non-hydrogen) atoms. The van der Waals surface area contributed by atoms with Crippen LogP contribution in [-0.2, 0) is 17.6 Å². The van der Waals surface area contributed by atoms with Gasteiger partial charge in [-0.15, -0.1) is 0 Å². The number of imide groups is 3. The topological polar surface area (TPSA) is 239 Å². The zero-order valence-electron chi connectivity index (χ0n) is 34.7. The van der Waals surface area contributed by atoms with Crippen molar-refractivity contribution in [2.24, 2.45) is 17.8 Å². The summed E-state index contributed by atoms with van der Waals surface area (Å²) in [6.07, 6.45) is -3.23. The van der Waals surface area contributed by atoms with Crippen LogP contribution in [0.2, 0.25) is 0 Å². The molecule has 5 N–H and O–H groups in total. The van der Waals surface area contributed by atoms with Crippen LogP contribution < -0.4 is 5.32 Å². The molecule has 16 nitrogen and oxygen atoms in total. The summed E-state index contributed by atoms with van der Waals surface area (Å²) < 4.78 is 0. The number of nitrogens with one attached hydrogen (secondary N) is 1. The number of carboxylic acid groups (broad SMARTS) is 4. The summed E-state index contributed by atoms with van der Waals surface area (Å²) >= 11 is 0. The summed E-state index contributed by atoms with van der Waals surface area (Å²) in [5.74, 6) is -6.07. The Morgan fingerprint density at radius 1 is 0.550 bits per heavy atom.